The fraction of sp³-hybridized carbons (Fsp3) is 0.300. The average Bonchev–Trinajstić information content (AvgIpc) is 2.68. The molecule has 2 amide bonds. The molecule has 0 atom stereocenters. The molecule has 1 aliphatic heterocycles. The number of carbonyl (C=O) groups is 2. The van der Waals surface area contributed by atoms with Gasteiger partial charge in [0.2, 0.25) is 0 Å². The predicted octanol–water partition coefficient (Wildman–Crippen LogP) is 1.85. The van der Waals surface area contributed by atoms with E-state index in [0.717, 1.165) is 44.9 Å². The Kier molecular flexibility index (Phi) is 6.67. The first-order chi connectivity index (χ1) is 13.5. The highest BCUT2D eigenvalue weighted by molar-refractivity contribution is 6.09. The molecule has 1 aliphatic rings. The summed E-state index contributed by atoms with van der Waals surface area (Å²) in [6.45, 7) is 4.97. The Morgan fingerprint density at radius 1 is 1.00 bits per heavy atom. The van der Waals surface area contributed by atoms with Crippen molar-refractivity contribution >= 4 is 17.5 Å². The summed E-state index contributed by atoms with van der Waals surface area (Å²) in [7, 11) is 0. The summed E-state index contributed by atoms with van der Waals surface area (Å²) in [5.41, 5.74) is 0.399. The lowest BCUT2D eigenvalue weighted by Gasteiger charge is -2.27. The first-order valence-corrected chi connectivity index (χ1v) is 9.10. The lowest BCUT2D eigenvalue weighted by Crippen LogP contribution is -2.46. The Bertz CT molecular complexity index is 834. The minimum atomic E-state index is -0.843. The van der Waals surface area contributed by atoms with E-state index in [-0.39, 0.29) is 22.7 Å². The highest BCUT2D eigenvalue weighted by Crippen LogP contribution is 2.17. The second-order valence-corrected chi connectivity index (χ2v) is 6.51. The van der Waals surface area contributed by atoms with Crippen molar-refractivity contribution < 1.29 is 18.4 Å². The number of anilines is 1. The zero-order valence-electron chi connectivity index (χ0n) is 15.3. The molecule has 0 aliphatic carbocycles. The number of rotatable bonds is 6. The van der Waals surface area contributed by atoms with Crippen LogP contribution >= 0.6 is 0 Å². The number of nitrogens with one attached hydrogen (secondary N) is 3. The Morgan fingerprint density at radius 3 is 2.39 bits per heavy atom. The van der Waals surface area contributed by atoms with Crippen LogP contribution in [0.5, 0.6) is 0 Å². The number of amides is 2. The van der Waals surface area contributed by atoms with Gasteiger partial charge in [0.1, 0.15) is 11.6 Å². The number of carbonyl (C=O) groups excluding carboxylic acids is 2. The van der Waals surface area contributed by atoms with E-state index in [1.807, 2.05) is 0 Å². The van der Waals surface area contributed by atoms with Gasteiger partial charge in [-0.05, 0) is 24.3 Å². The third-order valence-electron chi connectivity index (χ3n) is 4.47. The zero-order chi connectivity index (χ0) is 19.9. The van der Waals surface area contributed by atoms with Crippen molar-refractivity contribution in [3.8, 4) is 0 Å². The van der Waals surface area contributed by atoms with Crippen LogP contribution < -0.4 is 16.0 Å². The first kappa shape index (κ1) is 19.9. The molecule has 148 valence electrons. The van der Waals surface area contributed by atoms with Crippen molar-refractivity contribution in [2.45, 2.75) is 0 Å². The maximum atomic E-state index is 13.3. The predicted molar refractivity (Wildman–Crippen MR) is 102 cm³/mol. The normalized spacial score (nSPS) is 14.5. The summed E-state index contributed by atoms with van der Waals surface area (Å²) in [4.78, 5) is 27.1. The molecule has 1 fully saturated rings. The molecule has 2 aromatic rings. The number of hydrogen-bond acceptors (Lipinski definition) is 4. The largest absolute Gasteiger partial charge is 0.351 e. The van der Waals surface area contributed by atoms with Crippen LogP contribution in [0.15, 0.2) is 42.5 Å². The molecule has 8 heteroatoms. The van der Waals surface area contributed by atoms with Gasteiger partial charge in [0.15, 0.2) is 0 Å². The van der Waals surface area contributed by atoms with Crippen LogP contribution in [0.4, 0.5) is 14.5 Å². The van der Waals surface area contributed by atoms with Crippen LogP contribution in [0.1, 0.15) is 20.7 Å². The highest BCUT2D eigenvalue weighted by Gasteiger charge is 2.16. The maximum absolute atomic E-state index is 13.3. The molecule has 0 unspecified atom stereocenters. The number of hydrogen-bond donors (Lipinski definition) is 3. The molecule has 1 saturated heterocycles. The second kappa shape index (κ2) is 9.38. The first-order valence-electron chi connectivity index (χ1n) is 9.10. The van der Waals surface area contributed by atoms with Gasteiger partial charge in [-0.3, -0.25) is 14.5 Å². The van der Waals surface area contributed by atoms with E-state index in [4.69, 9.17) is 0 Å². The van der Waals surface area contributed by atoms with Gasteiger partial charge in [0.25, 0.3) is 11.8 Å². The minimum Gasteiger partial charge on any atom is -0.351 e. The van der Waals surface area contributed by atoms with Crippen LogP contribution in [0.3, 0.4) is 0 Å². The lowest BCUT2D eigenvalue weighted by atomic mass is 10.1. The molecule has 0 saturated carbocycles. The van der Waals surface area contributed by atoms with Gasteiger partial charge in [-0.1, -0.05) is 12.1 Å². The lowest BCUT2D eigenvalue weighted by molar-refractivity contribution is 0.0948. The van der Waals surface area contributed by atoms with Crippen LogP contribution in [-0.2, 0) is 0 Å². The van der Waals surface area contributed by atoms with Crippen molar-refractivity contribution in [3.63, 3.8) is 0 Å². The van der Waals surface area contributed by atoms with Crippen LogP contribution in [0, 0.1) is 11.6 Å². The van der Waals surface area contributed by atoms with Crippen molar-refractivity contribution in [2.75, 3.05) is 44.6 Å². The fourth-order valence-corrected chi connectivity index (χ4v) is 3.03. The molecule has 0 radical (unpaired) electrons. The molecule has 3 rings (SSSR count). The SMILES string of the molecule is O=C(Nc1ccccc1C(=O)NCCN1CCNCC1)c1cc(F)cc(F)c1. The Morgan fingerprint density at radius 2 is 1.68 bits per heavy atom. The number of benzene rings is 2. The van der Waals surface area contributed by atoms with Gasteiger partial charge in [-0.2, -0.15) is 0 Å². The van der Waals surface area contributed by atoms with Crippen molar-refractivity contribution in [2.24, 2.45) is 0 Å². The third-order valence-corrected chi connectivity index (χ3v) is 4.47. The molecule has 3 N–H and O–H groups in total. The molecule has 28 heavy (non-hydrogen) atoms. The summed E-state index contributed by atoms with van der Waals surface area (Å²) >= 11 is 0. The Balaban J connectivity index is 1.63. The van der Waals surface area contributed by atoms with Gasteiger partial charge in [0, 0.05) is 50.9 Å². The number of nitrogens with zero attached hydrogens (tertiary/aromatic N) is 1. The topological polar surface area (TPSA) is 73.5 Å². The summed E-state index contributed by atoms with van der Waals surface area (Å²) < 4.78 is 26.7. The molecule has 1 heterocycles. The minimum absolute atomic E-state index is 0.161. The summed E-state index contributed by atoms with van der Waals surface area (Å²) in [5.74, 6) is -2.70. The fourth-order valence-electron chi connectivity index (χ4n) is 3.03. The average molecular weight is 388 g/mol. The molecule has 0 spiro atoms. The zero-order valence-corrected chi connectivity index (χ0v) is 15.3. The Hall–Kier alpha value is -2.84. The highest BCUT2D eigenvalue weighted by atomic mass is 19.1. The van der Waals surface area contributed by atoms with E-state index in [0.29, 0.717) is 12.6 Å². The quantitative estimate of drug-likeness (QED) is 0.706. The molecule has 2 aromatic carbocycles. The summed E-state index contributed by atoms with van der Waals surface area (Å²) in [6, 6.07) is 9.07. The van der Waals surface area contributed by atoms with Gasteiger partial charge >= 0.3 is 0 Å². The second-order valence-electron chi connectivity index (χ2n) is 6.51. The van der Waals surface area contributed by atoms with Crippen LogP contribution in [0.25, 0.3) is 0 Å². The number of piperazine rings is 1. The van der Waals surface area contributed by atoms with Crippen molar-refractivity contribution in [3.05, 3.63) is 65.2 Å². The molecule has 6 nitrogen and oxygen atoms in total. The number of para-hydroxylation sites is 1. The molecule has 0 aromatic heterocycles. The van der Waals surface area contributed by atoms with E-state index in [9.17, 15) is 18.4 Å². The van der Waals surface area contributed by atoms with E-state index in [1.54, 1.807) is 24.3 Å². The molecule has 0 bridgehead atoms. The van der Waals surface area contributed by atoms with E-state index >= 15 is 0 Å². The van der Waals surface area contributed by atoms with Crippen molar-refractivity contribution in [1.29, 1.82) is 0 Å². The van der Waals surface area contributed by atoms with Gasteiger partial charge in [-0.15, -0.1) is 0 Å². The van der Waals surface area contributed by atoms with Crippen LogP contribution in [0.2, 0.25) is 0 Å². The summed E-state index contributed by atoms with van der Waals surface area (Å²) in [6.07, 6.45) is 0. The van der Waals surface area contributed by atoms with Gasteiger partial charge in [0.05, 0.1) is 11.3 Å². The summed E-state index contributed by atoms with van der Waals surface area (Å²) in [5, 5.41) is 8.67. The van der Waals surface area contributed by atoms with E-state index < -0.39 is 17.5 Å². The van der Waals surface area contributed by atoms with E-state index in [2.05, 4.69) is 20.9 Å². The Labute approximate surface area is 161 Å². The maximum Gasteiger partial charge on any atom is 0.255 e. The van der Waals surface area contributed by atoms with Gasteiger partial charge in [-0.25, -0.2) is 8.78 Å². The molecular weight excluding hydrogens is 366 g/mol. The van der Waals surface area contributed by atoms with Crippen molar-refractivity contribution in [1.82, 2.24) is 15.5 Å². The van der Waals surface area contributed by atoms with Gasteiger partial charge < -0.3 is 16.0 Å². The third kappa shape index (κ3) is 5.34. The standard InChI is InChI=1S/C20H22F2N4O2/c21-15-11-14(12-16(22)13-15)19(27)25-18-4-2-1-3-17(18)20(28)24-7-10-26-8-5-23-6-9-26/h1-4,11-13,23H,5-10H2,(H,24,28)(H,25,27). The number of halogens is 2. The monoisotopic (exact) mass is 388 g/mol. The smallest absolute Gasteiger partial charge is 0.255 e. The van der Waals surface area contributed by atoms with E-state index in [1.165, 1.54) is 0 Å². The molecular formula is C20H22F2N4O2. The van der Waals surface area contributed by atoms with Crippen LogP contribution in [-0.4, -0.2) is 56.0 Å².